The number of anilines is 2. The summed E-state index contributed by atoms with van der Waals surface area (Å²) in [4.78, 5) is 10.6. The summed E-state index contributed by atoms with van der Waals surface area (Å²) < 4.78 is 0. The molecule has 1 fully saturated rings. The van der Waals surface area contributed by atoms with Crippen LogP contribution in [0.4, 0.5) is 11.8 Å². The van der Waals surface area contributed by atoms with Crippen LogP contribution in [0.1, 0.15) is 12.8 Å². The van der Waals surface area contributed by atoms with E-state index >= 15 is 0 Å². The summed E-state index contributed by atoms with van der Waals surface area (Å²) in [6, 6.07) is 0.297. The van der Waals surface area contributed by atoms with Crippen molar-refractivity contribution in [3.63, 3.8) is 0 Å². The van der Waals surface area contributed by atoms with Crippen LogP contribution in [0.2, 0.25) is 0 Å². The van der Waals surface area contributed by atoms with Gasteiger partial charge in [-0.25, -0.2) is 0 Å². The number of H-pyrrole nitrogens is 1. The molecule has 0 aliphatic carbocycles. The number of nitrogens with zero attached hydrogens (tertiary/aromatic N) is 4. The van der Waals surface area contributed by atoms with E-state index in [9.17, 15) is 0 Å². The Hall–Kier alpha value is -1.89. The molecule has 0 atom stereocenters. The second-order valence-corrected chi connectivity index (χ2v) is 4.36. The largest absolute Gasteiger partial charge is 0.368 e. The normalized spacial score (nSPS) is 17.8. The average Bonchev–Trinajstić information content (AvgIpc) is 2.77. The number of nitrogens with one attached hydrogen (secondary N) is 1. The Labute approximate surface area is 98.2 Å². The van der Waals surface area contributed by atoms with Crippen molar-refractivity contribution in [3.8, 4) is 0 Å². The molecule has 1 aliphatic heterocycles. The quantitative estimate of drug-likeness (QED) is 0.632. The lowest BCUT2D eigenvalue weighted by Gasteiger charge is -2.31. The molecule has 0 aromatic carbocycles. The van der Waals surface area contributed by atoms with E-state index in [0.29, 0.717) is 11.7 Å². The number of piperidine rings is 1. The molecule has 7 nitrogen and oxygen atoms in total. The number of nitrogens with two attached hydrogens (primary N) is 2. The number of nitrogen functional groups attached to an aromatic ring is 1. The summed E-state index contributed by atoms with van der Waals surface area (Å²) in [7, 11) is 0. The maximum atomic E-state index is 5.89. The van der Waals surface area contributed by atoms with Crippen LogP contribution >= 0.6 is 0 Å². The van der Waals surface area contributed by atoms with Crippen LogP contribution in [0.25, 0.3) is 11.0 Å². The molecule has 0 amide bonds. The molecule has 7 heteroatoms. The van der Waals surface area contributed by atoms with Crippen molar-refractivity contribution in [2.24, 2.45) is 5.73 Å². The van der Waals surface area contributed by atoms with Gasteiger partial charge >= 0.3 is 0 Å². The third-order valence-electron chi connectivity index (χ3n) is 3.15. The number of rotatable bonds is 1. The summed E-state index contributed by atoms with van der Waals surface area (Å²) in [5.74, 6) is 1.12. The van der Waals surface area contributed by atoms with Gasteiger partial charge in [0.1, 0.15) is 5.82 Å². The molecule has 0 bridgehead atoms. The van der Waals surface area contributed by atoms with Gasteiger partial charge in [-0.2, -0.15) is 15.1 Å². The second kappa shape index (κ2) is 3.85. The van der Waals surface area contributed by atoms with Gasteiger partial charge in [-0.3, -0.25) is 5.10 Å². The second-order valence-electron chi connectivity index (χ2n) is 4.36. The maximum Gasteiger partial charge on any atom is 0.224 e. The average molecular weight is 233 g/mol. The van der Waals surface area contributed by atoms with Crippen molar-refractivity contribution in [2.45, 2.75) is 18.9 Å². The molecule has 2 aromatic rings. The Morgan fingerprint density at radius 1 is 1.29 bits per heavy atom. The molecular weight excluding hydrogens is 218 g/mol. The predicted octanol–water partition coefficient (Wildman–Crippen LogP) is -0.137. The first-order valence-corrected chi connectivity index (χ1v) is 5.71. The highest BCUT2D eigenvalue weighted by atomic mass is 15.2. The van der Waals surface area contributed by atoms with Crippen molar-refractivity contribution in [1.29, 1.82) is 0 Å². The van der Waals surface area contributed by atoms with E-state index in [1.54, 1.807) is 6.20 Å². The molecular formula is C10H15N7. The summed E-state index contributed by atoms with van der Waals surface area (Å²) in [5.41, 5.74) is 12.3. The standard InChI is InChI=1S/C10H15N7/c11-6-1-3-17(4-2-6)9-7-5-13-16-8(7)14-10(12)15-9/h5-6H,1-4,11H2,(H3,12,13,14,15,16). The fraction of sp³-hybridized carbons (Fsp3) is 0.500. The Kier molecular flexibility index (Phi) is 2.32. The monoisotopic (exact) mass is 233 g/mol. The van der Waals surface area contributed by atoms with Crippen molar-refractivity contribution < 1.29 is 0 Å². The minimum absolute atomic E-state index is 0.270. The summed E-state index contributed by atoms with van der Waals surface area (Å²) in [6.07, 6.45) is 3.69. The van der Waals surface area contributed by atoms with Crippen LogP contribution in [0.15, 0.2) is 6.20 Å². The SMILES string of the molecule is Nc1nc(N2CCC(N)CC2)c2cn[nH]c2n1. The van der Waals surface area contributed by atoms with Gasteiger partial charge in [0.25, 0.3) is 0 Å². The lowest BCUT2D eigenvalue weighted by molar-refractivity contribution is 0.499. The fourth-order valence-corrected chi connectivity index (χ4v) is 2.19. The lowest BCUT2D eigenvalue weighted by Crippen LogP contribution is -2.40. The number of aromatic nitrogens is 4. The smallest absolute Gasteiger partial charge is 0.224 e. The van der Waals surface area contributed by atoms with Gasteiger partial charge in [-0.05, 0) is 12.8 Å². The fourth-order valence-electron chi connectivity index (χ4n) is 2.19. The van der Waals surface area contributed by atoms with E-state index in [2.05, 4.69) is 25.1 Å². The number of aromatic amines is 1. The van der Waals surface area contributed by atoms with Crippen molar-refractivity contribution >= 4 is 22.8 Å². The van der Waals surface area contributed by atoms with Crippen molar-refractivity contribution in [3.05, 3.63) is 6.20 Å². The van der Waals surface area contributed by atoms with Gasteiger partial charge in [-0.15, -0.1) is 0 Å². The first-order chi connectivity index (χ1) is 8.24. The van der Waals surface area contributed by atoms with E-state index < -0.39 is 0 Å². The van der Waals surface area contributed by atoms with Gasteiger partial charge in [0, 0.05) is 19.1 Å². The van der Waals surface area contributed by atoms with Crippen LogP contribution in [-0.4, -0.2) is 39.3 Å². The topological polar surface area (TPSA) is 110 Å². The summed E-state index contributed by atoms with van der Waals surface area (Å²) >= 11 is 0. The molecule has 0 radical (unpaired) electrons. The zero-order valence-electron chi connectivity index (χ0n) is 9.43. The molecule has 90 valence electrons. The van der Waals surface area contributed by atoms with E-state index in [4.69, 9.17) is 11.5 Å². The van der Waals surface area contributed by atoms with Crippen LogP contribution in [0, 0.1) is 0 Å². The van der Waals surface area contributed by atoms with Crippen molar-refractivity contribution in [2.75, 3.05) is 23.7 Å². The third-order valence-corrected chi connectivity index (χ3v) is 3.15. The lowest BCUT2D eigenvalue weighted by atomic mass is 10.1. The van der Waals surface area contributed by atoms with Gasteiger partial charge < -0.3 is 16.4 Å². The third kappa shape index (κ3) is 1.78. The minimum Gasteiger partial charge on any atom is -0.368 e. The van der Waals surface area contributed by atoms with Gasteiger partial charge in [0.15, 0.2) is 5.65 Å². The first kappa shape index (κ1) is 10.3. The number of fused-ring (bicyclic) bond motifs is 1. The van der Waals surface area contributed by atoms with E-state index in [1.807, 2.05) is 0 Å². The van der Waals surface area contributed by atoms with Crippen LogP contribution < -0.4 is 16.4 Å². The van der Waals surface area contributed by atoms with Crippen LogP contribution in [-0.2, 0) is 0 Å². The highest BCUT2D eigenvalue weighted by Crippen LogP contribution is 2.25. The molecule has 0 saturated carbocycles. The summed E-state index contributed by atoms with van der Waals surface area (Å²) in [5, 5.41) is 7.71. The number of hydrogen-bond donors (Lipinski definition) is 3. The highest BCUT2D eigenvalue weighted by molar-refractivity contribution is 5.87. The van der Waals surface area contributed by atoms with E-state index in [0.717, 1.165) is 37.1 Å². The molecule has 2 aromatic heterocycles. The molecule has 17 heavy (non-hydrogen) atoms. The van der Waals surface area contributed by atoms with Gasteiger partial charge in [-0.1, -0.05) is 0 Å². The minimum atomic E-state index is 0.270. The van der Waals surface area contributed by atoms with Crippen LogP contribution in [0.5, 0.6) is 0 Å². The molecule has 1 aliphatic rings. The molecule has 3 rings (SSSR count). The van der Waals surface area contributed by atoms with Gasteiger partial charge in [0.05, 0.1) is 11.6 Å². The van der Waals surface area contributed by atoms with Crippen molar-refractivity contribution in [1.82, 2.24) is 20.2 Å². The van der Waals surface area contributed by atoms with E-state index in [-0.39, 0.29) is 5.95 Å². The Bertz CT molecular complexity index is 526. The Balaban J connectivity index is 2.01. The van der Waals surface area contributed by atoms with E-state index in [1.165, 1.54) is 0 Å². The molecule has 1 saturated heterocycles. The van der Waals surface area contributed by atoms with Crippen LogP contribution in [0.3, 0.4) is 0 Å². The molecule has 0 unspecified atom stereocenters. The molecule has 3 heterocycles. The zero-order chi connectivity index (χ0) is 11.8. The predicted molar refractivity (Wildman–Crippen MR) is 65.5 cm³/mol. The maximum absolute atomic E-state index is 5.89. The van der Waals surface area contributed by atoms with Gasteiger partial charge in [0.2, 0.25) is 5.95 Å². The molecule has 0 spiro atoms. The summed E-state index contributed by atoms with van der Waals surface area (Å²) in [6.45, 7) is 1.80. The Morgan fingerprint density at radius 3 is 2.82 bits per heavy atom. The molecule has 5 N–H and O–H groups in total. The highest BCUT2D eigenvalue weighted by Gasteiger charge is 2.20. The Morgan fingerprint density at radius 2 is 2.06 bits per heavy atom. The number of hydrogen-bond acceptors (Lipinski definition) is 6. The zero-order valence-corrected chi connectivity index (χ0v) is 9.43. The first-order valence-electron chi connectivity index (χ1n) is 5.71.